The topological polar surface area (TPSA) is 72.4 Å². The van der Waals surface area contributed by atoms with Gasteiger partial charge in [-0.2, -0.15) is 0 Å². The number of rotatable bonds is 5. The predicted octanol–water partition coefficient (Wildman–Crippen LogP) is 0.842. The lowest BCUT2D eigenvalue weighted by Gasteiger charge is -2.38. The number of hydrogen-bond acceptors (Lipinski definition) is 3. The summed E-state index contributed by atoms with van der Waals surface area (Å²) in [7, 11) is 0. The van der Waals surface area contributed by atoms with Crippen LogP contribution in [0.15, 0.2) is 0 Å². The van der Waals surface area contributed by atoms with E-state index in [9.17, 15) is 4.79 Å². The molecule has 0 saturated heterocycles. The highest BCUT2D eigenvalue weighted by atomic mass is 16.1. The van der Waals surface area contributed by atoms with Crippen LogP contribution in [0.3, 0.4) is 0 Å². The van der Waals surface area contributed by atoms with Gasteiger partial charge in [-0.15, -0.1) is 0 Å². The van der Waals surface area contributed by atoms with Crippen molar-refractivity contribution in [1.29, 1.82) is 0 Å². The van der Waals surface area contributed by atoms with E-state index >= 15 is 0 Å². The SMILES string of the molecule is CCC(C(N)=O)N(CC)C1CCC(N)CC1. The van der Waals surface area contributed by atoms with Gasteiger partial charge in [-0.1, -0.05) is 13.8 Å². The highest BCUT2D eigenvalue weighted by Crippen LogP contribution is 2.24. The number of nitrogens with zero attached hydrogens (tertiary/aromatic N) is 1. The van der Waals surface area contributed by atoms with E-state index in [4.69, 9.17) is 11.5 Å². The van der Waals surface area contributed by atoms with E-state index in [1.807, 2.05) is 6.92 Å². The van der Waals surface area contributed by atoms with Crippen molar-refractivity contribution in [2.75, 3.05) is 6.54 Å². The molecule has 0 bridgehead atoms. The first-order chi connectivity index (χ1) is 7.60. The lowest BCUT2D eigenvalue weighted by atomic mass is 9.89. The quantitative estimate of drug-likeness (QED) is 0.731. The second-order valence-electron chi connectivity index (χ2n) is 4.73. The molecule has 1 rings (SSSR count). The second-order valence-corrected chi connectivity index (χ2v) is 4.73. The van der Waals surface area contributed by atoms with E-state index in [-0.39, 0.29) is 11.9 Å². The van der Waals surface area contributed by atoms with Gasteiger partial charge in [-0.05, 0) is 38.6 Å². The van der Waals surface area contributed by atoms with Crippen molar-refractivity contribution < 1.29 is 4.79 Å². The molecule has 0 heterocycles. The Morgan fingerprint density at radius 1 is 1.31 bits per heavy atom. The molecular weight excluding hydrogens is 202 g/mol. The van der Waals surface area contributed by atoms with Crippen LogP contribution in [0.1, 0.15) is 46.0 Å². The number of carbonyl (C=O) groups excluding carboxylic acids is 1. The molecule has 0 radical (unpaired) electrons. The normalized spacial score (nSPS) is 28.0. The van der Waals surface area contributed by atoms with E-state index in [2.05, 4.69) is 11.8 Å². The fourth-order valence-corrected chi connectivity index (χ4v) is 2.77. The first kappa shape index (κ1) is 13.5. The lowest BCUT2D eigenvalue weighted by Crippen LogP contribution is -2.51. The van der Waals surface area contributed by atoms with E-state index in [0.29, 0.717) is 12.1 Å². The average molecular weight is 227 g/mol. The van der Waals surface area contributed by atoms with Crippen molar-refractivity contribution in [1.82, 2.24) is 4.90 Å². The smallest absolute Gasteiger partial charge is 0.234 e. The van der Waals surface area contributed by atoms with Gasteiger partial charge in [0.2, 0.25) is 5.91 Å². The van der Waals surface area contributed by atoms with Crippen LogP contribution in [-0.4, -0.2) is 35.5 Å². The minimum absolute atomic E-state index is 0.107. The Hall–Kier alpha value is -0.610. The summed E-state index contributed by atoms with van der Waals surface area (Å²) in [5.41, 5.74) is 11.3. The molecule has 1 atom stereocenters. The predicted molar refractivity (Wildman–Crippen MR) is 65.9 cm³/mol. The van der Waals surface area contributed by atoms with Crippen molar-refractivity contribution in [2.45, 2.75) is 64.1 Å². The molecule has 0 aromatic rings. The van der Waals surface area contributed by atoms with Crippen molar-refractivity contribution >= 4 is 5.91 Å². The third kappa shape index (κ3) is 3.19. The molecule has 16 heavy (non-hydrogen) atoms. The van der Waals surface area contributed by atoms with E-state index in [1.165, 1.54) is 0 Å². The molecule has 0 spiro atoms. The van der Waals surface area contributed by atoms with Gasteiger partial charge in [0.15, 0.2) is 0 Å². The van der Waals surface area contributed by atoms with Crippen LogP contribution in [0.4, 0.5) is 0 Å². The van der Waals surface area contributed by atoms with Crippen LogP contribution < -0.4 is 11.5 Å². The zero-order chi connectivity index (χ0) is 12.1. The number of primary amides is 1. The Kier molecular flexibility index (Phi) is 5.22. The maximum Gasteiger partial charge on any atom is 0.234 e. The van der Waals surface area contributed by atoms with Gasteiger partial charge in [0.1, 0.15) is 0 Å². The van der Waals surface area contributed by atoms with Crippen LogP contribution in [0.5, 0.6) is 0 Å². The average Bonchev–Trinajstić information content (AvgIpc) is 2.26. The fraction of sp³-hybridized carbons (Fsp3) is 0.917. The summed E-state index contributed by atoms with van der Waals surface area (Å²) in [5.74, 6) is -0.195. The monoisotopic (exact) mass is 227 g/mol. The van der Waals surface area contributed by atoms with Crippen molar-refractivity contribution in [3.8, 4) is 0 Å². The second kappa shape index (κ2) is 6.21. The van der Waals surface area contributed by atoms with Crippen molar-refractivity contribution in [3.05, 3.63) is 0 Å². The van der Waals surface area contributed by atoms with Gasteiger partial charge >= 0.3 is 0 Å². The van der Waals surface area contributed by atoms with Gasteiger partial charge in [0.25, 0.3) is 0 Å². The van der Waals surface area contributed by atoms with Crippen LogP contribution in [-0.2, 0) is 4.79 Å². The summed E-state index contributed by atoms with van der Waals surface area (Å²) in [4.78, 5) is 13.7. The molecule has 4 heteroatoms. The zero-order valence-corrected chi connectivity index (χ0v) is 10.5. The molecule has 0 aromatic carbocycles. The highest BCUT2D eigenvalue weighted by molar-refractivity contribution is 5.79. The van der Waals surface area contributed by atoms with Crippen molar-refractivity contribution in [3.63, 3.8) is 0 Å². The third-order valence-electron chi connectivity index (χ3n) is 3.69. The fourth-order valence-electron chi connectivity index (χ4n) is 2.77. The summed E-state index contributed by atoms with van der Waals surface area (Å²) in [6.45, 7) is 5.01. The summed E-state index contributed by atoms with van der Waals surface area (Å²) < 4.78 is 0. The molecule has 0 aromatic heterocycles. The zero-order valence-electron chi connectivity index (χ0n) is 10.5. The number of nitrogens with two attached hydrogens (primary N) is 2. The molecule has 94 valence electrons. The minimum atomic E-state index is -0.195. The highest BCUT2D eigenvalue weighted by Gasteiger charge is 2.30. The van der Waals surface area contributed by atoms with Gasteiger partial charge in [-0.3, -0.25) is 9.69 Å². The van der Waals surface area contributed by atoms with Gasteiger partial charge in [0, 0.05) is 12.1 Å². The number of amides is 1. The molecule has 1 fully saturated rings. The first-order valence-electron chi connectivity index (χ1n) is 6.40. The van der Waals surface area contributed by atoms with Gasteiger partial charge in [0.05, 0.1) is 6.04 Å². The minimum Gasteiger partial charge on any atom is -0.368 e. The Balaban J connectivity index is 2.62. The Morgan fingerprint density at radius 2 is 1.88 bits per heavy atom. The number of hydrogen-bond donors (Lipinski definition) is 2. The largest absolute Gasteiger partial charge is 0.368 e. The summed E-state index contributed by atoms with van der Waals surface area (Å²) in [6.07, 6.45) is 5.12. The molecule has 1 unspecified atom stereocenters. The van der Waals surface area contributed by atoms with E-state index in [0.717, 1.165) is 38.6 Å². The number of likely N-dealkylation sites (N-methyl/N-ethyl adjacent to an activating group) is 1. The first-order valence-corrected chi connectivity index (χ1v) is 6.40. The summed E-state index contributed by atoms with van der Waals surface area (Å²) in [6, 6.07) is 0.732. The Labute approximate surface area is 98.3 Å². The van der Waals surface area contributed by atoms with Gasteiger partial charge in [-0.25, -0.2) is 0 Å². The third-order valence-corrected chi connectivity index (χ3v) is 3.69. The van der Waals surface area contributed by atoms with Crippen LogP contribution in [0.25, 0.3) is 0 Å². The molecule has 1 saturated carbocycles. The maximum absolute atomic E-state index is 11.4. The Morgan fingerprint density at radius 3 is 2.25 bits per heavy atom. The molecule has 4 nitrogen and oxygen atoms in total. The standard InChI is InChI=1S/C12H25N3O/c1-3-11(12(14)16)15(4-2)10-7-5-9(13)6-8-10/h9-11H,3-8,13H2,1-2H3,(H2,14,16). The molecule has 1 amide bonds. The van der Waals surface area contributed by atoms with Crippen molar-refractivity contribution in [2.24, 2.45) is 11.5 Å². The molecule has 4 N–H and O–H groups in total. The van der Waals surface area contributed by atoms with Crippen LogP contribution in [0, 0.1) is 0 Å². The molecule has 1 aliphatic rings. The van der Waals surface area contributed by atoms with E-state index < -0.39 is 0 Å². The van der Waals surface area contributed by atoms with E-state index in [1.54, 1.807) is 0 Å². The van der Waals surface area contributed by atoms with Gasteiger partial charge < -0.3 is 11.5 Å². The summed E-state index contributed by atoms with van der Waals surface area (Å²) in [5, 5.41) is 0. The van der Waals surface area contributed by atoms with Crippen LogP contribution >= 0.6 is 0 Å². The maximum atomic E-state index is 11.4. The Bertz CT molecular complexity index is 224. The van der Waals surface area contributed by atoms with Crippen LogP contribution in [0.2, 0.25) is 0 Å². The lowest BCUT2D eigenvalue weighted by molar-refractivity contribution is -0.124. The molecule has 1 aliphatic carbocycles. The summed E-state index contributed by atoms with van der Waals surface area (Å²) >= 11 is 0. The molecular formula is C12H25N3O. The molecule has 0 aliphatic heterocycles. The number of carbonyl (C=O) groups is 1.